The van der Waals surface area contributed by atoms with Crippen LogP contribution in [0, 0.1) is 0 Å². The molecule has 4 aromatic rings. The molecular formula is C36H18Br2F24N4Na4O20S8. The SMILES string of the molecule is C=C(F)F.C=C(F)F.O=S(=O)([N-]S(=O)(=O)C(F)(F)F)c1cc(-c2ccc(O)c(S(=O)(=O)[N-]S(=O)(=O)C(F)(F)F)c2)ccc1O.O=S(=O)([N-]S(=O)(=O)C(F)(F)F)c1cc(-c2ccc(OC(F)(F)C(F)(F)Br)c(S(=O)(=O)[N-]S(=O)(=O)C(F)(F)F)c2)ccc1OC(F)(F)C(F)(F)Br.[Na+].[Na+].[Na+].[Na+]. The Morgan fingerprint density at radius 3 is 0.673 bits per heavy atom. The molecule has 0 heterocycles. The number of alkyl halides is 22. The van der Waals surface area contributed by atoms with Crippen LogP contribution in [-0.4, -0.2) is 121 Å². The van der Waals surface area contributed by atoms with Crippen LogP contribution in [0.3, 0.4) is 0 Å². The fourth-order valence-corrected chi connectivity index (χ4v) is 14.4. The Labute approximate surface area is 638 Å². The summed E-state index contributed by atoms with van der Waals surface area (Å²) in [6.45, 7) is 4.44. The summed E-state index contributed by atoms with van der Waals surface area (Å²) in [5.74, 6) is -6.84. The largest absolute Gasteiger partial charge is 1.00 e. The molecule has 536 valence electrons. The molecule has 0 aromatic heterocycles. The molecule has 0 amide bonds. The Bertz CT molecular complexity index is 4230. The van der Waals surface area contributed by atoms with Gasteiger partial charge in [-0.1, -0.05) is 24.3 Å². The molecule has 0 aliphatic rings. The fraction of sp³-hybridized carbons (Fsp3) is 0.222. The van der Waals surface area contributed by atoms with Gasteiger partial charge in [0, 0.05) is 31.9 Å². The Hall–Kier alpha value is -1.72. The van der Waals surface area contributed by atoms with Crippen molar-refractivity contribution in [3.05, 3.63) is 115 Å². The minimum absolute atomic E-state index is 0. The summed E-state index contributed by atoms with van der Waals surface area (Å²) in [6, 6.07) is 2.74. The molecule has 4 aromatic carbocycles. The number of nitrogens with zero attached hydrogens (tertiary/aromatic N) is 4. The first-order valence-corrected chi connectivity index (χ1v) is 33.7. The van der Waals surface area contributed by atoms with Crippen molar-refractivity contribution in [3.63, 3.8) is 0 Å². The molecule has 4 rings (SSSR count). The molecule has 0 atom stereocenters. The number of hydrogen-bond acceptors (Lipinski definition) is 20. The average Bonchev–Trinajstić information content (AvgIpc) is 0.770. The molecule has 0 fully saturated rings. The van der Waals surface area contributed by atoms with Gasteiger partial charge in [0.1, 0.15) is 63.1 Å². The van der Waals surface area contributed by atoms with Gasteiger partial charge >= 0.3 is 162 Å². The summed E-state index contributed by atoms with van der Waals surface area (Å²) < 4.78 is 504. The summed E-state index contributed by atoms with van der Waals surface area (Å²) in [4.78, 5) is -18.4. The Balaban J connectivity index is -0.000000810. The molecule has 98 heavy (non-hydrogen) atoms. The maximum atomic E-state index is 13.9. The first kappa shape index (κ1) is 103. The molecule has 0 spiro atoms. The summed E-state index contributed by atoms with van der Waals surface area (Å²) in [6.07, 6.45) is -15.3. The second-order valence-corrected chi connectivity index (χ2v) is 31.1. The van der Waals surface area contributed by atoms with E-state index in [2.05, 4.69) is 22.6 Å². The molecule has 2 N–H and O–H groups in total. The van der Waals surface area contributed by atoms with E-state index in [0.717, 1.165) is 44.0 Å². The number of aromatic hydroxyl groups is 2. The maximum absolute atomic E-state index is 13.9. The van der Waals surface area contributed by atoms with Gasteiger partial charge in [-0.2, -0.15) is 105 Å². The first-order valence-electron chi connectivity index (χ1n) is 20.6. The van der Waals surface area contributed by atoms with Crippen molar-refractivity contribution >= 4 is 112 Å². The van der Waals surface area contributed by atoms with E-state index in [-0.39, 0.29) is 155 Å². The van der Waals surface area contributed by atoms with E-state index >= 15 is 0 Å². The van der Waals surface area contributed by atoms with Gasteiger partial charge in [0.25, 0.3) is 12.2 Å². The van der Waals surface area contributed by atoms with Crippen molar-refractivity contribution in [2.24, 2.45) is 0 Å². The second kappa shape index (κ2) is 35.6. The van der Waals surface area contributed by atoms with Crippen LogP contribution in [0.2, 0.25) is 0 Å². The Kier molecular flexibility index (Phi) is 37.3. The van der Waals surface area contributed by atoms with Gasteiger partial charge in [-0.05, 0) is 83.9 Å². The van der Waals surface area contributed by atoms with Gasteiger partial charge in [0.15, 0.2) is 40.1 Å². The minimum atomic E-state index is -7.12. The third-order valence-electron chi connectivity index (χ3n) is 8.68. The first-order chi connectivity index (χ1) is 41.2. The van der Waals surface area contributed by atoms with Crippen molar-refractivity contribution < 1.29 is 311 Å². The quantitative estimate of drug-likeness (QED) is 0.0691. The molecule has 0 bridgehead atoms. The van der Waals surface area contributed by atoms with Gasteiger partial charge in [-0.25, -0.2) is 67.3 Å². The summed E-state index contributed by atoms with van der Waals surface area (Å²) >= 11 is 2.28. The number of sulfonamides is 8. The zero-order valence-electron chi connectivity index (χ0n) is 46.5. The summed E-state index contributed by atoms with van der Waals surface area (Å²) in [5, 5.41) is 19.4. The zero-order chi connectivity index (χ0) is 74.8. The normalized spacial score (nSPS) is 13.2. The molecule has 0 radical (unpaired) electrons. The predicted molar refractivity (Wildman–Crippen MR) is 271 cm³/mol. The van der Waals surface area contributed by atoms with E-state index in [0.29, 0.717) is 24.3 Å². The van der Waals surface area contributed by atoms with Crippen LogP contribution >= 0.6 is 31.9 Å². The number of benzene rings is 4. The van der Waals surface area contributed by atoms with E-state index in [1.807, 2.05) is 0 Å². The van der Waals surface area contributed by atoms with Gasteiger partial charge < -0.3 is 36.2 Å². The number of phenolic OH excluding ortho intramolecular Hbond substituents is 2. The summed E-state index contributed by atoms with van der Waals surface area (Å²) in [7, 11) is -52.1. The van der Waals surface area contributed by atoms with Crippen LogP contribution in [0.15, 0.2) is 118 Å². The number of hydrogen-bond donors (Lipinski definition) is 2. The van der Waals surface area contributed by atoms with Crippen molar-refractivity contribution in [2.45, 2.75) is 63.5 Å². The van der Waals surface area contributed by atoms with Crippen molar-refractivity contribution in [1.82, 2.24) is 0 Å². The van der Waals surface area contributed by atoms with Crippen LogP contribution in [0.5, 0.6) is 23.0 Å². The van der Waals surface area contributed by atoms with Gasteiger partial charge in [-0.15, -0.1) is 0 Å². The molecular weight excluding hydrogens is 1770 g/mol. The predicted octanol–water partition coefficient (Wildman–Crippen LogP) is 0.494. The van der Waals surface area contributed by atoms with Crippen LogP contribution in [0.1, 0.15) is 0 Å². The van der Waals surface area contributed by atoms with E-state index < -0.39 is 201 Å². The number of phenols is 2. The number of ether oxygens (including phenoxy) is 2. The zero-order valence-corrected chi connectivity index (χ0v) is 64.2. The standard InChI is InChI=1S/C18H6Br2F14N2O10S4.C14H8F6N2O10S4.2C2H2F2.4Na/c19-13(21,22)15(25,26)45-9-3-1-7(5-11(9)47(37,38)35-49(41,42)17(29,30)31)8-2-4-10(46-16(27,28)14(20,23)24)12(6-8)48(39,40)36-50(43,44)18(32,33)34;15-13(16,17)35(29,30)21-33(25,26)11-5-7(1-3-9(11)23)8-2-4-10(24)12(6-8)34(27,28)22-36(31,32)14(18,19)20;2*1-2(3)4;;;;/h1-6H;1-6,23-24H;2*1H2;;;;/q2*-2;;;4*+1. The molecule has 0 aliphatic heterocycles. The van der Waals surface area contributed by atoms with Crippen LogP contribution < -0.4 is 128 Å². The average molecular weight is 1790 g/mol. The topological polar surface area (TPSA) is 388 Å². The number of halogens is 26. The van der Waals surface area contributed by atoms with Crippen molar-refractivity contribution in [1.29, 1.82) is 0 Å². The molecule has 24 nitrogen and oxygen atoms in total. The Morgan fingerprint density at radius 1 is 0.337 bits per heavy atom. The molecule has 0 aliphatic carbocycles. The molecule has 0 unspecified atom stereocenters. The van der Waals surface area contributed by atoms with Gasteiger partial charge in [-0.3, -0.25) is 0 Å². The van der Waals surface area contributed by atoms with E-state index in [9.17, 15) is 183 Å². The van der Waals surface area contributed by atoms with Gasteiger partial charge in [0.05, 0.1) is 19.6 Å². The monoisotopic (exact) mass is 1790 g/mol. The second-order valence-electron chi connectivity index (χ2n) is 15.5. The molecule has 62 heteroatoms. The number of rotatable bonds is 20. The van der Waals surface area contributed by atoms with E-state index in [1.54, 1.807) is 8.25 Å². The van der Waals surface area contributed by atoms with Crippen LogP contribution in [0.4, 0.5) is 105 Å². The minimum Gasteiger partial charge on any atom is -0.507 e. The smallest absolute Gasteiger partial charge is 0.507 e. The van der Waals surface area contributed by atoms with Gasteiger partial charge in [0.2, 0.25) is 0 Å². The fourth-order valence-electron chi connectivity index (χ4n) is 4.99. The van der Waals surface area contributed by atoms with Crippen molar-refractivity contribution in [3.8, 4) is 45.3 Å². The van der Waals surface area contributed by atoms with E-state index in [4.69, 9.17) is 0 Å². The Morgan fingerprint density at radius 2 is 0.500 bits per heavy atom. The third-order valence-corrected chi connectivity index (χ3v) is 21.7. The van der Waals surface area contributed by atoms with Crippen molar-refractivity contribution in [2.75, 3.05) is 0 Å². The molecule has 0 saturated carbocycles. The maximum Gasteiger partial charge on any atom is 1.00 e. The van der Waals surface area contributed by atoms with Crippen LogP contribution in [0.25, 0.3) is 38.8 Å². The van der Waals surface area contributed by atoms with Crippen LogP contribution in [-0.2, 0) is 80.2 Å². The summed E-state index contributed by atoms with van der Waals surface area (Å²) in [5.41, 5.74) is -28.7. The molecule has 0 saturated heterocycles. The van der Waals surface area contributed by atoms with E-state index in [1.165, 1.54) is 8.25 Å². The third kappa shape index (κ3) is 28.3.